The molecule has 0 radical (unpaired) electrons. The van der Waals surface area contributed by atoms with Gasteiger partial charge in [0.2, 0.25) is 0 Å². The highest BCUT2D eigenvalue weighted by Crippen LogP contribution is 2.37. The molecule has 3 rings (SSSR count). The molecule has 3 atom stereocenters. The maximum atomic E-state index is 15.0. The van der Waals surface area contributed by atoms with E-state index in [9.17, 15) is 0 Å². The summed E-state index contributed by atoms with van der Waals surface area (Å²) in [5.74, 6) is 0. The summed E-state index contributed by atoms with van der Waals surface area (Å²) in [5, 5.41) is 2.23. The molecule has 1 aliphatic rings. The normalized spacial score (nSPS) is 22.4. The fourth-order valence-electron chi connectivity index (χ4n) is 4.27. The molecule has 0 N–H and O–H groups in total. The van der Waals surface area contributed by atoms with E-state index in [1.54, 1.807) is 0 Å². The Kier molecular flexibility index (Phi) is 7.85. The number of alkyl halides is 1. The first kappa shape index (κ1) is 23.1. The van der Waals surface area contributed by atoms with Crippen molar-refractivity contribution in [2.45, 2.75) is 64.0 Å². The number of hydrogen-bond donors (Lipinski definition) is 0. The Morgan fingerprint density at radius 3 is 2.07 bits per heavy atom. The van der Waals surface area contributed by atoms with Gasteiger partial charge in [-0.3, -0.25) is 0 Å². The first-order valence-electron chi connectivity index (χ1n) is 11.0. The SMILES string of the molecule is CCCCO[C@@H]1CO[C@H](CO[Si](c2ccccc2)(c2ccccc2)C(C)(C)C)[C@H]1F. The van der Waals surface area contributed by atoms with Crippen molar-refractivity contribution in [2.75, 3.05) is 19.8 Å². The largest absolute Gasteiger partial charge is 0.405 e. The van der Waals surface area contributed by atoms with Gasteiger partial charge in [-0.1, -0.05) is 94.8 Å². The number of halogens is 1. The topological polar surface area (TPSA) is 27.7 Å². The van der Waals surface area contributed by atoms with Gasteiger partial charge < -0.3 is 13.9 Å². The summed E-state index contributed by atoms with van der Waals surface area (Å²) in [6.07, 6.45) is -0.292. The number of rotatable bonds is 9. The summed E-state index contributed by atoms with van der Waals surface area (Å²) < 4.78 is 33.4. The first-order chi connectivity index (χ1) is 14.4. The molecule has 1 heterocycles. The molecule has 2 aromatic rings. The van der Waals surface area contributed by atoms with E-state index in [1.165, 1.54) is 10.4 Å². The number of ether oxygens (including phenoxy) is 2. The molecule has 0 aliphatic carbocycles. The van der Waals surface area contributed by atoms with Gasteiger partial charge in [-0.25, -0.2) is 4.39 Å². The van der Waals surface area contributed by atoms with Gasteiger partial charge in [0.1, 0.15) is 12.2 Å². The van der Waals surface area contributed by atoms with Gasteiger partial charge in [0, 0.05) is 6.61 Å². The van der Waals surface area contributed by atoms with Crippen LogP contribution >= 0.6 is 0 Å². The Balaban J connectivity index is 1.86. The predicted molar refractivity (Wildman–Crippen MR) is 123 cm³/mol. The highest BCUT2D eigenvalue weighted by atomic mass is 28.4. The van der Waals surface area contributed by atoms with Crippen LogP contribution in [-0.2, 0) is 13.9 Å². The lowest BCUT2D eigenvalue weighted by atomic mass is 10.2. The van der Waals surface area contributed by atoms with Crippen LogP contribution in [0.4, 0.5) is 4.39 Å². The van der Waals surface area contributed by atoms with Crippen molar-refractivity contribution in [3.8, 4) is 0 Å². The van der Waals surface area contributed by atoms with Crippen LogP contribution in [0.15, 0.2) is 60.7 Å². The third-order valence-electron chi connectivity index (χ3n) is 5.90. The van der Waals surface area contributed by atoms with Crippen LogP contribution in [0, 0.1) is 0 Å². The van der Waals surface area contributed by atoms with E-state index in [4.69, 9.17) is 13.9 Å². The third kappa shape index (κ3) is 4.85. The lowest BCUT2D eigenvalue weighted by Gasteiger charge is -2.43. The van der Waals surface area contributed by atoms with Crippen LogP contribution in [0.25, 0.3) is 0 Å². The summed E-state index contributed by atoms with van der Waals surface area (Å²) >= 11 is 0. The average molecular weight is 431 g/mol. The van der Waals surface area contributed by atoms with Gasteiger partial charge >= 0.3 is 0 Å². The van der Waals surface area contributed by atoms with Crippen molar-refractivity contribution in [1.29, 1.82) is 0 Å². The van der Waals surface area contributed by atoms with Crippen molar-refractivity contribution in [3.05, 3.63) is 60.7 Å². The molecule has 0 bridgehead atoms. The van der Waals surface area contributed by atoms with Crippen molar-refractivity contribution in [2.24, 2.45) is 0 Å². The monoisotopic (exact) mass is 430 g/mol. The van der Waals surface area contributed by atoms with Gasteiger partial charge in [0.15, 0.2) is 6.17 Å². The zero-order valence-corrected chi connectivity index (χ0v) is 19.6. The first-order valence-corrected chi connectivity index (χ1v) is 12.9. The summed E-state index contributed by atoms with van der Waals surface area (Å²) in [6, 6.07) is 20.8. The lowest BCUT2D eigenvalue weighted by molar-refractivity contribution is 0.0139. The van der Waals surface area contributed by atoms with Crippen LogP contribution in [0.1, 0.15) is 40.5 Å². The van der Waals surface area contributed by atoms with Crippen molar-refractivity contribution in [3.63, 3.8) is 0 Å². The maximum Gasteiger partial charge on any atom is 0.261 e. The Labute approximate surface area is 181 Å². The fraction of sp³-hybridized carbons (Fsp3) is 0.520. The Morgan fingerprint density at radius 2 is 1.57 bits per heavy atom. The lowest BCUT2D eigenvalue weighted by Crippen LogP contribution is -2.67. The quantitative estimate of drug-likeness (QED) is 0.433. The molecular weight excluding hydrogens is 395 g/mol. The summed E-state index contributed by atoms with van der Waals surface area (Å²) in [4.78, 5) is 0. The van der Waals surface area contributed by atoms with Crippen LogP contribution in [0.3, 0.4) is 0 Å². The molecule has 5 heteroatoms. The van der Waals surface area contributed by atoms with Gasteiger partial charge in [-0.05, 0) is 21.8 Å². The second-order valence-corrected chi connectivity index (χ2v) is 13.4. The van der Waals surface area contributed by atoms with Gasteiger partial charge in [-0.2, -0.15) is 0 Å². The van der Waals surface area contributed by atoms with Crippen LogP contribution in [0.5, 0.6) is 0 Å². The minimum Gasteiger partial charge on any atom is -0.405 e. The molecule has 0 saturated carbocycles. The highest BCUT2D eigenvalue weighted by Gasteiger charge is 2.51. The molecule has 1 fully saturated rings. The average Bonchev–Trinajstić information content (AvgIpc) is 3.09. The molecule has 0 amide bonds. The Bertz CT molecular complexity index is 723. The predicted octanol–water partition coefficient (Wildman–Crippen LogP) is 4.49. The molecule has 1 aliphatic heterocycles. The molecule has 3 nitrogen and oxygen atoms in total. The van der Waals surface area contributed by atoms with Crippen LogP contribution < -0.4 is 10.4 Å². The Hall–Kier alpha value is -1.53. The van der Waals surface area contributed by atoms with Gasteiger partial charge in [-0.15, -0.1) is 0 Å². The zero-order valence-electron chi connectivity index (χ0n) is 18.6. The summed E-state index contributed by atoms with van der Waals surface area (Å²) in [6.45, 7) is 9.85. The van der Waals surface area contributed by atoms with Gasteiger partial charge in [0.25, 0.3) is 8.32 Å². The molecule has 0 spiro atoms. The van der Waals surface area contributed by atoms with E-state index in [0.717, 1.165) is 12.8 Å². The number of hydrogen-bond acceptors (Lipinski definition) is 3. The molecule has 2 aromatic carbocycles. The molecule has 30 heavy (non-hydrogen) atoms. The van der Waals surface area contributed by atoms with Gasteiger partial charge in [0.05, 0.1) is 13.2 Å². The second-order valence-electron chi connectivity index (χ2n) is 9.05. The van der Waals surface area contributed by atoms with E-state index in [-0.39, 0.29) is 11.6 Å². The smallest absolute Gasteiger partial charge is 0.261 e. The fourth-order valence-corrected chi connectivity index (χ4v) is 8.84. The standard InChI is InChI=1S/C25H35FO3Si/c1-5-6-17-27-22-18-28-23(24(22)26)19-29-30(25(2,3)4,20-13-9-7-10-14-20)21-15-11-8-12-16-21/h7-16,22-24H,5-6,17-19H2,1-4H3/t22-,23-,24+/m1/s1. The summed E-state index contributed by atoms with van der Waals surface area (Å²) in [5.41, 5.74) is 0. The molecule has 1 saturated heterocycles. The molecule has 0 unspecified atom stereocenters. The van der Waals surface area contributed by atoms with E-state index in [1.807, 2.05) is 12.1 Å². The van der Waals surface area contributed by atoms with Crippen LogP contribution in [-0.4, -0.2) is 46.5 Å². The van der Waals surface area contributed by atoms with E-state index < -0.39 is 26.7 Å². The van der Waals surface area contributed by atoms with Crippen LogP contribution in [0.2, 0.25) is 5.04 Å². The minimum atomic E-state index is -2.69. The maximum absolute atomic E-state index is 15.0. The second kappa shape index (κ2) is 10.2. The van der Waals surface area contributed by atoms with E-state index in [2.05, 4.69) is 76.2 Å². The number of benzene rings is 2. The van der Waals surface area contributed by atoms with E-state index in [0.29, 0.717) is 13.2 Å². The molecule has 164 valence electrons. The van der Waals surface area contributed by atoms with E-state index >= 15 is 4.39 Å². The Morgan fingerprint density at radius 1 is 1.00 bits per heavy atom. The summed E-state index contributed by atoms with van der Waals surface area (Å²) in [7, 11) is -2.69. The van der Waals surface area contributed by atoms with Crippen molar-refractivity contribution < 1.29 is 18.3 Å². The molecule has 0 aromatic heterocycles. The number of unbranched alkanes of at least 4 members (excludes halogenated alkanes) is 1. The third-order valence-corrected chi connectivity index (χ3v) is 10.9. The highest BCUT2D eigenvalue weighted by molar-refractivity contribution is 6.99. The molecular formula is C25H35FO3Si. The van der Waals surface area contributed by atoms with Crippen molar-refractivity contribution >= 4 is 18.7 Å². The van der Waals surface area contributed by atoms with Crippen molar-refractivity contribution in [1.82, 2.24) is 0 Å². The minimum absolute atomic E-state index is 0.142. The zero-order chi connectivity index (χ0) is 21.6.